The lowest BCUT2D eigenvalue weighted by Gasteiger charge is -2.04. The average molecular weight is 254 g/mol. The van der Waals surface area contributed by atoms with Crippen LogP contribution in [-0.2, 0) is 12.8 Å². The van der Waals surface area contributed by atoms with E-state index in [1.54, 1.807) is 0 Å². The molecule has 16 heavy (non-hydrogen) atoms. The number of fused-ring (bicyclic) bond motifs is 1. The van der Waals surface area contributed by atoms with Gasteiger partial charge < -0.3 is 4.57 Å². The van der Waals surface area contributed by atoms with Crippen LogP contribution in [0.1, 0.15) is 19.4 Å². The van der Waals surface area contributed by atoms with Crippen LogP contribution in [0.25, 0.3) is 10.9 Å². The molecule has 0 atom stereocenters. The summed E-state index contributed by atoms with van der Waals surface area (Å²) < 4.78 is 2.15. The summed E-state index contributed by atoms with van der Waals surface area (Å²) in [5, 5.41) is 2.72. The molecule has 0 spiro atoms. The summed E-state index contributed by atoms with van der Waals surface area (Å²) >= 11 is 8.22. The third-order valence-corrected chi connectivity index (χ3v) is 4.07. The van der Waals surface area contributed by atoms with Gasteiger partial charge in [-0.3, -0.25) is 0 Å². The fraction of sp³-hybridized carbons (Fsp3) is 0.385. The van der Waals surface area contributed by atoms with Crippen molar-refractivity contribution in [3.05, 3.63) is 35.0 Å². The highest BCUT2D eigenvalue weighted by atomic mass is 35.5. The minimum absolute atomic E-state index is 0.651. The number of hydrogen-bond acceptors (Lipinski definition) is 1. The molecule has 0 unspecified atom stereocenters. The van der Waals surface area contributed by atoms with E-state index < -0.39 is 0 Å². The lowest BCUT2D eigenvalue weighted by atomic mass is 10.2. The zero-order valence-corrected chi connectivity index (χ0v) is 11.4. The smallest absolute Gasteiger partial charge is 0.0502 e. The number of thioether (sulfide) groups is 1. The molecule has 0 N–H and O–H groups in total. The van der Waals surface area contributed by atoms with Gasteiger partial charge in [0, 0.05) is 29.9 Å². The Morgan fingerprint density at radius 1 is 1.38 bits per heavy atom. The first-order valence-corrected chi connectivity index (χ1v) is 6.86. The molecule has 0 aliphatic carbocycles. The molecule has 0 amide bonds. The van der Waals surface area contributed by atoms with Crippen LogP contribution in [0.3, 0.4) is 0 Å². The Labute approximate surface area is 106 Å². The molecule has 1 aromatic carbocycles. The second kappa shape index (κ2) is 4.72. The van der Waals surface area contributed by atoms with Gasteiger partial charge in [0.05, 0.1) is 5.02 Å². The van der Waals surface area contributed by atoms with Crippen molar-refractivity contribution >= 4 is 34.3 Å². The molecule has 0 bridgehead atoms. The van der Waals surface area contributed by atoms with Gasteiger partial charge in [0.25, 0.3) is 0 Å². The van der Waals surface area contributed by atoms with Gasteiger partial charge in [-0.1, -0.05) is 31.5 Å². The van der Waals surface area contributed by atoms with Crippen LogP contribution in [0.15, 0.2) is 24.4 Å². The van der Waals surface area contributed by atoms with E-state index in [-0.39, 0.29) is 0 Å². The van der Waals surface area contributed by atoms with Crippen molar-refractivity contribution in [1.29, 1.82) is 0 Å². The van der Waals surface area contributed by atoms with Gasteiger partial charge in [-0.15, -0.1) is 0 Å². The van der Waals surface area contributed by atoms with Crippen molar-refractivity contribution in [3.63, 3.8) is 0 Å². The topological polar surface area (TPSA) is 4.93 Å². The van der Waals surface area contributed by atoms with Gasteiger partial charge in [0.1, 0.15) is 0 Å². The molecule has 0 aliphatic rings. The third kappa shape index (κ3) is 2.23. The van der Waals surface area contributed by atoms with E-state index in [0.29, 0.717) is 5.25 Å². The van der Waals surface area contributed by atoms with Crippen LogP contribution in [-0.4, -0.2) is 9.82 Å². The molecule has 1 nitrogen and oxygen atoms in total. The fourth-order valence-corrected chi connectivity index (χ4v) is 2.88. The van der Waals surface area contributed by atoms with E-state index in [4.69, 9.17) is 11.6 Å². The largest absolute Gasteiger partial charge is 0.350 e. The Morgan fingerprint density at radius 2 is 2.12 bits per heavy atom. The molecular weight excluding hydrogens is 238 g/mol. The predicted molar refractivity (Wildman–Crippen MR) is 74.4 cm³/mol. The minimum atomic E-state index is 0.651. The summed E-state index contributed by atoms with van der Waals surface area (Å²) in [5.74, 6) is 1.03. The molecule has 0 saturated carbocycles. The summed E-state index contributed by atoms with van der Waals surface area (Å²) in [6, 6.07) is 6.09. The van der Waals surface area contributed by atoms with Crippen molar-refractivity contribution in [2.24, 2.45) is 7.05 Å². The monoisotopic (exact) mass is 253 g/mol. The molecule has 2 aromatic rings. The second-order valence-electron chi connectivity index (χ2n) is 4.26. The average Bonchev–Trinajstić information content (AvgIpc) is 2.55. The molecule has 1 heterocycles. The van der Waals surface area contributed by atoms with Crippen molar-refractivity contribution in [1.82, 2.24) is 4.57 Å². The number of benzene rings is 1. The van der Waals surface area contributed by atoms with Crippen molar-refractivity contribution < 1.29 is 0 Å². The summed E-state index contributed by atoms with van der Waals surface area (Å²) in [6.07, 6.45) is 2.19. The number of nitrogens with zero attached hydrogens (tertiary/aromatic N) is 1. The van der Waals surface area contributed by atoms with Crippen LogP contribution in [0.4, 0.5) is 0 Å². The SMILES string of the molecule is CC(C)SCc1cn(C)c2cccc(Cl)c12. The van der Waals surface area contributed by atoms with Crippen molar-refractivity contribution in [3.8, 4) is 0 Å². The lowest BCUT2D eigenvalue weighted by molar-refractivity contribution is 0.962. The third-order valence-electron chi connectivity index (χ3n) is 2.61. The number of halogens is 1. The minimum Gasteiger partial charge on any atom is -0.350 e. The highest BCUT2D eigenvalue weighted by Gasteiger charge is 2.10. The van der Waals surface area contributed by atoms with Crippen molar-refractivity contribution in [2.75, 3.05) is 0 Å². The van der Waals surface area contributed by atoms with Gasteiger partial charge in [0.15, 0.2) is 0 Å². The summed E-state index contributed by atoms with van der Waals surface area (Å²) in [4.78, 5) is 0. The van der Waals surface area contributed by atoms with E-state index in [2.05, 4.69) is 37.7 Å². The molecule has 0 fully saturated rings. The quantitative estimate of drug-likeness (QED) is 0.781. The molecule has 86 valence electrons. The van der Waals surface area contributed by atoms with Crippen molar-refractivity contribution in [2.45, 2.75) is 24.9 Å². The molecule has 1 aromatic heterocycles. The lowest BCUT2D eigenvalue weighted by Crippen LogP contribution is -1.88. The van der Waals surface area contributed by atoms with Gasteiger partial charge in [0.2, 0.25) is 0 Å². The molecule has 0 radical (unpaired) electrons. The van der Waals surface area contributed by atoms with E-state index in [0.717, 1.165) is 10.8 Å². The Morgan fingerprint density at radius 3 is 2.81 bits per heavy atom. The van der Waals surface area contributed by atoms with E-state index in [1.165, 1.54) is 16.5 Å². The fourth-order valence-electron chi connectivity index (χ4n) is 1.86. The zero-order valence-electron chi connectivity index (χ0n) is 9.83. The first-order valence-electron chi connectivity index (χ1n) is 5.43. The number of hydrogen-bond donors (Lipinski definition) is 0. The molecular formula is C13H16ClNS. The van der Waals surface area contributed by atoms with Crippen LogP contribution in [0, 0.1) is 0 Å². The van der Waals surface area contributed by atoms with Crippen LogP contribution in [0.5, 0.6) is 0 Å². The first-order chi connectivity index (χ1) is 7.59. The first kappa shape index (κ1) is 11.9. The zero-order chi connectivity index (χ0) is 11.7. The second-order valence-corrected chi connectivity index (χ2v) is 6.23. The predicted octanol–water partition coefficient (Wildman–Crippen LogP) is 4.47. The van der Waals surface area contributed by atoms with E-state index in [9.17, 15) is 0 Å². The summed E-state index contributed by atoms with van der Waals surface area (Å²) in [5.41, 5.74) is 2.55. The number of aromatic nitrogens is 1. The Bertz CT molecular complexity index is 502. The number of aryl methyl sites for hydroxylation is 1. The summed E-state index contributed by atoms with van der Waals surface area (Å²) in [6.45, 7) is 4.44. The standard InChI is InChI=1S/C13H16ClNS/c1-9(2)16-8-10-7-15(3)12-6-4-5-11(14)13(10)12/h4-7,9H,8H2,1-3H3. The van der Waals surface area contributed by atoms with Crippen LogP contribution in [0.2, 0.25) is 5.02 Å². The molecule has 3 heteroatoms. The van der Waals surface area contributed by atoms with Crippen LogP contribution >= 0.6 is 23.4 Å². The highest BCUT2D eigenvalue weighted by Crippen LogP contribution is 2.31. The highest BCUT2D eigenvalue weighted by molar-refractivity contribution is 7.99. The maximum atomic E-state index is 6.27. The number of rotatable bonds is 3. The molecule has 2 rings (SSSR count). The van der Waals surface area contributed by atoms with E-state index in [1.807, 2.05) is 23.9 Å². The molecule has 0 saturated heterocycles. The maximum absolute atomic E-state index is 6.27. The maximum Gasteiger partial charge on any atom is 0.0502 e. The van der Waals surface area contributed by atoms with Gasteiger partial charge in [-0.05, 0) is 22.9 Å². The summed E-state index contributed by atoms with van der Waals surface area (Å²) in [7, 11) is 2.07. The van der Waals surface area contributed by atoms with Gasteiger partial charge in [-0.25, -0.2) is 0 Å². The Balaban J connectivity index is 2.45. The normalized spacial score (nSPS) is 11.6. The van der Waals surface area contributed by atoms with Gasteiger partial charge >= 0.3 is 0 Å². The van der Waals surface area contributed by atoms with Gasteiger partial charge in [-0.2, -0.15) is 11.8 Å². The van der Waals surface area contributed by atoms with Crippen LogP contribution < -0.4 is 0 Å². The Kier molecular flexibility index (Phi) is 3.50. The molecule has 0 aliphatic heterocycles. The van der Waals surface area contributed by atoms with E-state index >= 15 is 0 Å². The Hall–Kier alpha value is -0.600.